The Labute approximate surface area is 160 Å². The van der Waals surface area contributed by atoms with Gasteiger partial charge in [0.25, 0.3) is 0 Å². The molecule has 26 heavy (non-hydrogen) atoms. The van der Waals surface area contributed by atoms with Crippen molar-refractivity contribution in [3.05, 3.63) is 29.3 Å². The molecular weight excluding hydrogens is 378 g/mol. The van der Waals surface area contributed by atoms with Crippen LogP contribution in [0.4, 0.5) is 5.69 Å². The lowest BCUT2D eigenvalue weighted by atomic mass is 10.2. The van der Waals surface area contributed by atoms with Crippen molar-refractivity contribution in [1.82, 2.24) is 5.32 Å². The second kappa shape index (κ2) is 9.55. The molecule has 1 aliphatic rings. The number of carbonyl (C=O) groups excluding carboxylic acids is 1. The van der Waals surface area contributed by atoms with Gasteiger partial charge in [-0.3, -0.25) is 9.10 Å². The van der Waals surface area contributed by atoms with Crippen molar-refractivity contribution in [3.8, 4) is 0 Å². The third-order valence-corrected chi connectivity index (χ3v) is 5.87. The molecule has 9 heteroatoms. The van der Waals surface area contributed by atoms with E-state index in [-0.39, 0.29) is 5.91 Å². The average molecular weight is 405 g/mol. The van der Waals surface area contributed by atoms with E-state index in [0.29, 0.717) is 17.3 Å². The highest BCUT2D eigenvalue weighted by Crippen LogP contribution is 2.22. The molecule has 1 heterocycles. The van der Waals surface area contributed by atoms with Gasteiger partial charge in [0.15, 0.2) is 0 Å². The zero-order valence-electron chi connectivity index (χ0n) is 15.2. The minimum atomic E-state index is -3.61. The number of carbonyl (C=O) groups is 1. The second-order valence-corrected chi connectivity index (χ2v) is 8.76. The molecule has 1 atom stereocenters. The fourth-order valence-corrected chi connectivity index (χ4v) is 4.31. The Hall–Kier alpha value is -1.35. The normalized spacial score (nSPS) is 16.9. The van der Waals surface area contributed by atoms with Crippen molar-refractivity contribution in [2.75, 3.05) is 50.0 Å². The first kappa shape index (κ1) is 21.0. The number of anilines is 1. The van der Waals surface area contributed by atoms with E-state index < -0.39 is 16.1 Å². The molecule has 1 amide bonds. The molecule has 7 nitrogen and oxygen atoms in total. The minimum absolute atomic E-state index is 0.317. The Morgan fingerprint density at radius 1 is 1.31 bits per heavy atom. The van der Waals surface area contributed by atoms with Gasteiger partial charge < -0.3 is 15.0 Å². The van der Waals surface area contributed by atoms with Crippen molar-refractivity contribution in [2.45, 2.75) is 19.4 Å². The number of quaternary nitrogens is 1. The number of halogens is 1. The summed E-state index contributed by atoms with van der Waals surface area (Å²) < 4.78 is 30.8. The van der Waals surface area contributed by atoms with Crippen LogP contribution < -0.4 is 14.5 Å². The summed E-state index contributed by atoms with van der Waals surface area (Å²) in [4.78, 5) is 13.9. The van der Waals surface area contributed by atoms with Crippen LogP contribution in [0.1, 0.15) is 13.3 Å². The van der Waals surface area contributed by atoms with Crippen LogP contribution in [0.25, 0.3) is 0 Å². The SMILES string of the molecule is C[C@H](C(=O)NCCC[NH+]1CCOCC1)N(c1ccc(Cl)cc1)S(C)(=O)=O. The Kier molecular flexibility index (Phi) is 7.69. The van der Waals surface area contributed by atoms with E-state index in [1.54, 1.807) is 31.2 Å². The molecule has 1 fully saturated rings. The Balaban J connectivity index is 1.91. The van der Waals surface area contributed by atoms with E-state index in [4.69, 9.17) is 16.3 Å². The van der Waals surface area contributed by atoms with Crippen LogP contribution >= 0.6 is 11.6 Å². The summed E-state index contributed by atoms with van der Waals surface area (Å²) in [7, 11) is -3.61. The van der Waals surface area contributed by atoms with Crippen LogP contribution in [0, 0.1) is 0 Å². The third kappa shape index (κ3) is 6.12. The Morgan fingerprint density at radius 2 is 1.92 bits per heavy atom. The predicted molar refractivity (Wildman–Crippen MR) is 102 cm³/mol. The lowest BCUT2D eigenvalue weighted by molar-refractivity contribution is -0.908. The molecular formula is C17H27ClN3O4S+. The Bertz CT molecular complexity index is 690. The van der Waals surface area contributed by atoms with Crippen molar-refractivity contribution in [3.63, 3.8) is 0 Å². The average Bonchev–Trinajstić information content (AvgIpc) is 2.60. The van der Waals surface area contributed by atoms with Crippen LogP contribution in [0.15, 0.2) is 24.3 Å². The molecule has 1 saturated heterocycles. The molecule has 0 radical (unpaired) electrons. The number of sulfonamides is 1. The van der Waals surface area contributed by atoms with Gasteiger partial charge in [-0.25, -0.2) is 8.42 Å². The molecule has 146 valence electrons. The molecule has 0 spiro atoms. The first-order valence-electron chi connectivity index (χ1n) is 8.73. The number of benzene rings is 1. The number of nitrogens with zero attached hydrogens (tertiary/aromatic N) is 1. The maximum Gasteiger partial charge on any atom is 0.243 e. The maximum atomic E-state index is 12.5. The zero-order chi connectivity index (χ0) is 19.2. The van der Waals surface area contributed by atoms with E-state index in [9.17, 15) is 13.2 Å². The van der Waals surface area contributed by atoms with Crippen LogP contribution in [-0.4, -0.2) is 66.0 Å². The van der Waals surface area contributed by atoms with Gasteiger partial charge in [0.2, 0.25) is 15.9 Å². The van der Waals surface area contributed by atoms with Gasteiger partial charge in [0.1, 0.15) is 19.1 Å². The van der Waals surface area contributed by atoms with Gasteiger partial charge in [0, 0.05) is 18.0 Å². The third-order valence-electron chi connectivity index (χ3n) is 4.38. The van der Waals surface area contributed by atoms with Crippen molar-refractivity contribution in [2.24, 2.45) is 0 Å². The minimum Gasteiger partial charge on any atom is -0.370 e. The van der Waals surface area contributed by atoms with Crippen LogP contribution in [0.2, 0.25) is 5.02 Å². The fourth-order valence-electron chi connectivity index (χ4n) is 3.00. The van der Waals surface area contributed by atoms with Crippen molar-refractivity contribution >= 4 is 33.2 Å². The van der Waals surface area contributed by atoms with E-state index in [2.05, 4.69) is 5.32 Å². The van der Waals surface area contributed by atoms with Gasteiger partial charge in [-0.1, -0.05) is 11.6 Å². The van der Waals surface area contributed by atoms with Crippen LogP contribution in [-0.2, 0) is 19.6 Å². The van der Waals surface area contributed by atoms with Crippen LogP contribution in [0.5, 0.6) is 0 Å². The molecule has 0 aliphatic carbocycles. The molecule has 0 bridgehead atoms. The number of rotatable bonds is 8. The highest BCUT2D eigenvalue weighted by atomic mass is 35.5. The number of hydrogen-bond donors (Lipinski definition) is 2. The van der Waals surface area contributed by atoms with Gasteiger partial charge in [0.05, 0.1) is 31.7 Å². The zero-order valence-corrected chi connectivity index (χ0v) is 16.8. The molecule has 2 N–H and O–H groups in total. The lowest BCUT2D eigenvalue weighted by Gasteiger charge is -2.28. The van der Waals surface area contributed by atoms with E-state index in [1.807, 2.05) is 0 Å². The molecule has 1 aromatic rings. The van der Waals surface area contributed by atoms with Crippen LogP contribution in [0.3, 0.4) is 0 Å². The van der Waals surface area contributed by atoms with Gasteiger partial charge in [-0.2, -0.15) is 0 Å². The molecule has 2 rings (SSSR count). The first-order chi connectivity index (χ1) is 12.3. The molecule has 0 unspecified atom stereocenters. The summed E-state index contributed by atoms with van der Waals surface area (Å²) in [6.07, 6.45) is 1.93. The smallest absolute Gasteiger partial charge is 0.243 e. The molecule has 0 saturated carbocycles. The van der Waals surface area contributed by atoms with Crippen molar-refractivity contribution < 1.29 is 22.8 Å². The fraction of sp³-hybridized carbons (Fsp3) is 0.588. The highest BCUT2D eigenvalue weighted by Gasteiger charge is 2.28. The van der Waals surface area contributed by atoms with E-state index in [0.717, 1.165) is 49.8 Å². The van der Waals surface area contributed by atoms with E-state index in [1.165, 1.54) is 4.90 Å². The van der Waals surface area contributed by atoms with Gasteiger partial charge in [-0.15, -0.1) is 0 Å². The summed E-state index contributed by atoms with van der Waals surface area (Å²) in [5.41, 5.74) is 0.414. The van der Waals surface area contributed by atoms with Crippen molar-refractivity contribution in [1.29, 1.82) is 0 Å². The van der Waals surface area contributed by atoms with E-state index >= 15 is 0 Å². The summed E-state index contributed by atoms with van der Waals surface area (Å²) in [5.74, 6) is -0.317. The number of nitrogens with one attached hydrogen (secondary N) is 2. The quantitative estimate of drug-likeness (QED) is 0.594. The van der Waals surface area contributed by atoms with Gasteiger partial charge >= 0.3 is 0 Å². The Morgan fingerprint density at radius 3 is 2.50 bits per heavy atom. The number of ether oxygens (including phenoxy) is 1. The number of morpholine rings is 1. The molecule has 1 aromatic carbocycles. The standard InChI is InChI=1S/C17H26ClN3O4S/c1-14(17(22)19-8-3-9-20-10-12-25-13-11-20)21(26(2,23)24)16-6-4-15(18)5-7-16/h4-7,14H,3,8-13H2,1-2H3,(H,19,22)/p+1/t14-/m1/s1. The highest BCUT2D eigenvalue weighted by molar-refractivity contribution is 7.92. The second-order valence-electron chi connectivity index (χ2n) is 6.47. The summed E-state index contributed by atoms with van der Waals surface area (Å²) >= 11 is 5.86. The first-order valence-corrected chi connectivity index (χ1v) is 11.0. The van der Waals surface area contributed by atoms with Gasteiger partial charge in [-0.05, 0) is 31.2 Å². The largest absolute Gasteiger partial charge is 0.370 e. The predicted octanol–water partition coefficient (Wildman–Crippen LogP) is -0.0841. The monoisotopic (exact) mass is 404 g/mol. The number of hydrogen-bond acceptors (Lipinski definition) is 4. The summed E-state index contributed by atoms with van der Waals surface area (Å²) in [6, 6.07) is 5.54. The molecule has 1 aliphatic heterocycles. The topological polar surface area (TPSA) is 80.2 Å². The lowest BCUT2D eigenvalue weighted by Crippen LogP contribution is -3.14. The maximum absolute atomic E-state index is 12.5. The molecule has 0 aromatic heterocycles. The summed E-state index contributed by atoms with van der Waals surface area (Å²) in [5, 5.41) is 3.34. The number of amides is 1. The summed E-state index contributed by atoms with van der Waals surface area (Å²) in [6.45, 7) is 6.60.